The van der Waals surface area contributed by atoms with Gasteiger partial charge in [-0.15, -0.1) is 0 Å². The van der Waals surface area contributed by atoms with Gasteiger partial charge in [0, 0.05) is 4.83 Å². The van der Waals surface area contributed by atoms with E-state index in [0.717, 1.165) is 17.5 Å². The fraction of sp³-hybridized carbons (Fsp3) is 0.625. The Morgan fingerprint density at radius 3 is 2.00 bits per heavy atom. The van der Waals surface area contributed by atoms with Crippen molar-refractivity contribution in [1.82, 2.24) is 0 Å². The largest absolute Gasteiger partial charge is 0.207 e. The summed E-state index contributed by atoms with van der Waals surface area (Å²) in [5, 5.41) is 0. The molecule has 0 bridgehead atoms. The summed E-state index contributed by atoms with van der Waals surface area (Å²) in [7, 11) is 0. The first-order valence-electron chi connectivity index (χ1n) is 6.53. The molecular formula is C16H24BrF. The Morgan fingerprint density at radius 2 is 1.61 bits per heavy atom. The van der Waals surface area contributed by atoms with E-state index in [-0.39, 0.29) is 5.82 Å². The Kier molecular flexibility index (Phi) is 4.99. The molecule has 0 radical (unpaired) electrons. The second-order valence-corrected chi connectivity index (χ2v) is 7.53. The molecule has 102 valence electrons. The van der Waals surface area contributed by atoms with E-state index >= 15 is 0 Å². The molecule has 1 rings (SSSR count). The van der Waals surface area contributed by atoms with Gasteiger partial charge < -0.3 is 0 Å². The molecule has 2 heteroatoms. The maximum Gasteiger partial charge on any atom is 0.123 e. The van der Waals surface area contributed by atoms with Crippen LogP contribution < -0.4 is 0 Å². The van der Waals surface area contributed by atoms with Gasteiger partial charge in [-0.2, -0.15) is 0 Å². The zero-order valence-electron chi connectivity index (χ0n) is 12.3. The van der Waals surface area contributed by atoms with Gasteiger partial charge >= 0.3 is 0 Å². The number of rotatable bonds is 3. The zero-order chi connectivity index (χ0) is 14.1. The van der Waals surface area contributed by atoms with Crippen LogP contribution >= 0.6 is 15.9 Å². The molecule has 0 aliphatic heterocycles. The molecular weight excluding hydrogens is 291 g/mol. The smallest absolute Gasteiger partial charge is 0.123 e. The molecule has 1 aromatic carbocycles. The van der Waals surface area contributed by atoms with E-state index in [0.29, 0.717) is 16.2 Å². The van der Waals surface area contributed by atoms with E-state index < -0.39 is 0 Å². The van der Waals surface area contributed by atoms with Gasteiger partial charge in [0.2, 0.25) is 0 Å². The summed E-state index contributed by atoms with van der Waals surface area (Å²) in [6, 6.07) is 3.25. The Bertz CT molecular complexity index is 395. The molecule has 0 nitrogen and oxygen atoms in total. The summed E-state index contributed by atoms with van der Waals surface area (Å²) in [4.78, 5) is 0.298. The Labute approximate surface area is 119 Å². The first kappa shape index (κ1) is 15.7. The average molecular weight is 315 g/mol. The van der Waals surface area contributed by atoms with E-state index in [1.807, 2.05) is 13.8 Å². The van der Waals surface area contributed by atoms with Gasteiger partial charge in [0.1, 0.15) is 5.82 Å². The maximum absolute atomic E-state index is 13.3. The number of halogens is 2. The molecule has 2 unspecified atom stereocenters. The fourth-order valence-corrected chi connectivity index (χ4v) is 3.48. The molecule has 0 aromatic heterocycles. The SMILES string of the molecule is Cc1cc(F)cc(C)c1C(Br)CC(C)C(C)(C)C. The van der Waals surface area contributed by atoms with Crippen molar-refractivity contribution in [3.63, 3.8) is 0 Å². The highest BCUT2D eigenvalue weighted by Gasteiger charge is 2.24. The van der Waals surface area contributed by atoms with Gasteiger partial charge in [-0.3, -0.25) is 0 Å². The molecule has 0 aliphatic rings. The molecule has 0 fully saturated rings. The van der Waals surface area contributed by atoms with Crippen molar-refractivity contribution in [2.45, 2.75) is 52.8 Å². The van der Waals surface area contributed by atoms with E-state index in [2.05, 4.69) is 43.6 Å². The molecule has 0 spiro atoms. The van der Waals surface area contributed by atoms with Gasteiger partial charge in [0.05, 0.1) is 0 Å². The van der Waals surface area contributed by atoms with Crippen LogP contribution in [-0.2, 0) is 0 Å². The predicted octanol–water partition coefficient (Wildman–Crippen LogP) is 5.95. The molecule has 0 amide bonds. The quantitative estimate of drug-likeness (QED) is 0.605. The van der Waals surface area contributed by atoms with Crippen LogP contribution in [0.5, 0.6) is 0 Å². The first-order chi connectivity index (χ1) is 8.12. The summed E-state index contributed by atoms with van der Waals surface area (Å²) >= 11 is 3.78. The summed E-state index contributed by atoms with van der Waals surface area (Å²) in [5.41, 5.74) is 3.62. The molecule has 0 N–H and O–H groups in total. The van der Waals surface area contributed by atoms with Gasteiger partial charge in [-0.1, -0.05) is 43.6 Å². The van der Waals surface area contributed by atoms with Gasteiger partial charge in [0.25, 0.3) is 0 Å². The summed E-state index contributed by atoms with van der Waals surface area (Å²) in [6.07, 6.45) is 1.07. The van der Waals surface area contributed by atoms with Crippen molar-refractivity contribution in [2.24, 2.45) is 11.3 Å². The minimum atomic E-state index is -0.141. The Balaban J connectivity index is 2.95. The van der Waals surface area contributed by atoms with Crippen molar-refractivity contribution in [3.05, 3.63) is 34.6 Å². The lowest BCUT2D eigenvalue weighted by molar-refractivity contribution is 0.246. The van der Waals surface area contributed by atoms with E-state index in [4.69, 9.17) is 0 Å². The first-order valence-corrected chi connectivity index (χ1v) is 7.45. The van der Waals surface area contributed by atoms with Crippen LogP contribution in [-0.4, -0.2) is 0 Å². The topological polar surface area (TPSA) is 0 Å². The van der Waals surface area contributed by atoms with E-state index in [1.165, 1.54) is 5.56 Å². The average Bonchev–Trinajstić information content (AvgIpc) is 2.13. The zero-order valence-corrected chi connectivity index (χ0v) is 13.9. The highest BCUT2D eigenvalue weighted by molar-refractivity contribution is 9.09. The number of hydrogen-bond donors (Lipinski definition) is 0. The number of hydrogen-bond acceptors (Lipinski definition) is 0. The monoisotopic (exact) mass is 314 g/mol. The standard InChI is InChI=1S/C16H24BrF/c1-10-7-13(18)8-11(2)15(10)14(17)9-12(3)16(4,5)6/h7-8,12,14H,9H2,1-6H3. The van der Waals surface area contributed by atoms with Crippen molar-refractivity contribution in [3.8, 4) is 0 Å². The third kappa shape index (κ3) is 3.81. The lowest BCUT2D eigenvalue weighted by Crippen LogP contribution is -2.19. The third-order valence-electron chi connectivity index (χ3n) is 3.91. The van der Waals surface area contributed by atoms with Crippen molar-refractivity contribution >= 4 is 15.9 Å². The summed E-state index contributed by atoms with van der Waals surface area (Å²) in [5.74, 6) is 0.461. The number of benzene rings is 1. The van der Waals surface area contributed by atoms with Gasteiger partial charge in [-0.25, -0.2) is 4.39 Å². The van der Waals surface area contributed by atoms with Gasteiger partial charge in [-0.05, 0) is 60.4 Å². The Hall–Kier alpha value is -0.370. The van der Waals surface area contributed by atoms with E-state index in [9.17, 15) is 4.39 Å². The van der Waals surface area contributed by atoms with Crippen LogP contribution in [0.2, 0.25) is 0 Å². The molecule has 2 atom stereocenters. The fourth-order valence-electron chi connectivity index (χ4n) is 2.20. The van der Waals surface area contributed by atoms with Gasteiger partial charge in [0.15, 0.2) is 0 Å². The molecule has 1 aromatic rings. The van der Waals surface area contributed by atoms with E-state index in [1.54, 1.807) is 12.1 Å². The third-order valence-corrected chi connectivity index (χ3v) is 4.74. The highest BCUT2D eigenvalue weighted by Crippen LogP contribution is 2.39. The van der Waals surface area contributed by atoms with Crippen LogP contribution in [0.25, 0.3) is 0 Å². The second-order valence-electron chi connectivity index (χ2n) is 6.42. The molecule has 0 heterocycles. The van der Waals surface area contributed by atoms with Crippen molar-refractivity contribution < 1.29 is 4.39 Å². The predicted molar refractivity (Wildman–Crippen MR) is 80.8 cm³/mol. The number of alkyl halides is 1. The van der Waals surface area contributed by atoms with Crippen LogP contribution in [0.1, 0.15) is 55.6 Å². The molecule has 0 saturated carbocycles. The van der Waals surface area contributed by atoms with Crippen molar-refractivity contribution in [2.75, 3.05) is 0 Å². The summed E-state index contributed by atoms with van der Waals surface area (Å²) in [6.45, 7) is 13.1. The molecule has 0 aliphatic carbocycles. The lowest BCUT2D eigenvalue weighted by Gasteiger charge is -2.30. The van der Waals surface area contributed by atoms with Crippen LogP contribution in [0, 0.1) is 31.0 Å². The number of aryl methyl sites for hydroxylation is 2. The van der Waals surface area contributed by atoms with Crippen LogP contribution in [0.4, 0.5) is 4.39 Å². The van der Waals surface area contributed by atoms with Crippen LogP contribution in [0.3, 0.4) is 0 Å². The lowest BCUT2D eigenvalue weighted by atomic mass is 9.78. The molecule has 18 heavy (non-hydrogen) atoms. The minimum absolute atomic E-state index is 0.141. The highest BCUT2D eigenvalue weighted by atomic mass is 79.9. The van der Waals surface area contributed by atoms with Crippen molar-refractivity contribution in [1.29, 1.82) is 0 Å². The van der Waals surface area contributed by atoms with Crippen LogP contribution in [0.15, 0.2) is 12.1 Å². The molecule has 0 saturated heterocycles. The summed E-state index contributed by atoms with van der Waals surface area (Å²) < 4.78 is 13.3. The second kappa shape index (κ2) is 5.73. The normalized spacial score (nSPS) is 15.6. The maximum atomic E-state index is 13.3. The minimum Gasteiger partial charge on any atom is -0.207 e. The Morgan fingerprint density at radius 1 is 1.17 bits per heavy atom.